The normalized spacial score (nSPS) is 10.8. The highest BCUT2D eigenvalue weighted by molar-refractivity contribution is 7.99. The first-order valence-corrected chi connectivity index (χ1v) is 10.6. The lowest BCUT2D eigenvalue weighted by atomic mass is 10.1. The van der Waals surface area contributed by atoms with E-state index in [0.29, 0.717) is 10.8 Å². The lowest BCUT2D eigenvalue weighted by molar-refractivity contribution is -0.113. The van der Waals surface area contributed by atoms with Crippen LogP contribution in [0.4, 0.5) is 14.5 Å². The molecule has 4 nitrogen and oxygen atoms in total. The van der Waals surface area contributed by atoms with Gasteiger partial charge in [0.2, 0.25) is 5.91 Å². The number of carbonyl (C=O) groups is 1. The van der Waals surface area contributed by atoms with Crippen LogP contribution >= 0.6 is 11.8 Å². The fraction of sp³-hybridized carbons (Fsp3) is 0.0833. The van der Waals surface area contributed by atoms with Crippen LogP contribution in [0.3, 0.4) is 0 Å². The molecule has 0 saturated heterocycles. The van der Waals surface area contributed by atoms with E-state index in [1.54, 1.807) is 12.1 Å². The van der Waals surface area contributed by atoms with Gasteiger partial charge >= 0.3 is 0 Å². The van der Waals surface area contributed by atoms with E-state index in [-0.39, 0.29) is 23.3 Å². The van der Waals surface area contributed by atoms with Gasteiger partial charge in [-0.3, -0.25) is 9.36 Å². The summed E-state index contributed by atoms with van der Waals surface area (Å²) in [5, 5.41) is 3.35. The Morgan fingerprint density at radius 1 is 0.935 bits per heavy atom. The fourth-order valence-electron chi connectivity index (χ4n) is 2.98. The van der Waals surface area contributed by atoms with Crippen LogP contribution in [0.5, 0.6) is 0 Å². The third kappa shape index (κ3) is 5.19. The zero-order chi connectivity index (χ0) is 21.8. The van der Waals surface area contributed by atoms with Gasteiger partial charge in [-0.2, -0.15) is 0 Å². The van der Waals surface area contributed by atoms with Crippen molar-refractivity contribution in [3.05, 3.63) is 96.2 Å². The fourth-order valence-corrected chi connectivity index (χ4v) is 3.77. The number of nitrogens with zero attached hydrogens (tertiary/aromatic N) is 2. The van der Waals surface area contributed by atoms with Crippen molar-refractivity contribution in [3.8, 4) is 16.9 Å². The molecule has 0 unspecified atom stereocenters. The minimum Gasteiger partial charge on any atom is -0.325 e. The van der Waals surface area contributed by atoms with Gasteiger partial charge in [0.05, 0.1) is 11.4 Å². The summed E-state index contributed by atoms with van der Waals surface area (Å²) in [5.41, 5.74) is 4.12. The molecule has 1 heterocycles. The first-order valence-electron chi connectivity index (χ1n) is 9.58. The zero-order valence-electron chi connectivity index (χ0n) is 16.7. The van der Waals surface area contributed by atoms with E-state index in [9.17, 15) is 13.6 Å². The van der Waals surface area contributed by atoms with Crippen LogP contribution in [-0.4, -0.2) is 21.2 Å². The third-order valence-electron chi connectivity index (χ3n) is 4.59. The lowest BCUT2D eigenvalue weighted by Crippen LogP contribution is -2.14. The van der Waals surface area contributed by atoms with Crippen molar-refractivity contribution >= 4 is 23.4 Å². The molecule has 1 amide bonds. The maximum absolute atomic E-state index is 13.4. The molecule has 0 saturated carbocycles. The molecule has 0 fully saturated rings. The van der Waals surface area contributed by atoms with Gasteiger partial charge in [-0.1, -0.05) is 41.6 Å². The predicted molar refractivity (Wildman–Crippen MR) is 119 cm³/mol. The Balaban J connectivity index is 1.57. The Labute approximate surface area is 183 Å². The molecule has 156 valence electrons. The first kappa shape index (κ1) is 20.8. The molecular formula is C24H19F2N3OS. The van der Waals surface area contributed by atoms with Crippen molar-refractivity contribution in [2.45, 2.75) is 12.1 Å². The van der Waals surface area contributed by atoms with Crippen molar-refractivity contribution < 1.29 is 13.6 Å². The topological polar surface area (TPSA) is 46.9 Å². The van der Waals surface area contributed by atoms with E-state index in [2.05, 4.69) is 5.32 Å². The van der Waals surface area contributed by atoms with E-state index in [4.69, 9.17) is 4.98 Å². The molecule has 4 aromatic rings. The molecule has 0 atom stereocenters. The molecule has 0 aliphatic rings. The Kier molecular flexibility index (Phi) is 6.13. The molecule has 0 spiro atoms. The minimum atomic E-state index is -0.364. The summed E-state index contributed by atoms with van der Waals surface area (Å²) in [7, 11) is 0. The lowest BCUT2D eigenvalue weighted by Gasteiger charge is -2.08. The third-order valence-corrected chi connectivity index (χ3v) is 5.54. The van der Waals surface area contributed by atoms with Crippen molar-refractivity contribution in [2.24, 2.45) is 0 Å². The summed E-state index contributed by atoms with van der Waals surface area (Å²) in [4.78, 5) is 17.1. The number of carbonyl (C=O) groups excluding carboxylic acids is 1. The molecule has 1 aromatic heterocycles. The molecule has 0 bridgehead atoms. The average molecular weight is 435 g/mol. The van der Waals surface area contributed by atoms with Gasteiger partial charge in [-0.25, -0.2) is 13.8 Å². The number of aryl methyl sites for hydroxylation is 1. The number of hydrogen-bond donors (Lipinski definition) is 1. The number of thioether (sulfide) groups is 1. The van der Waals surface area contributed by atoms with Crippen molar-refractivity contribution in [3.63, 3.8) is 0 Å². The van der Waals surface area contributed by atoms with E-state index < -0.39 is 0 Å². The summed E-state index contributed by atoms with van der Waals surface area (Å²) < 4.78 is 28.3. The van der Waals surface area contributed by atoms with Gasteiger partial charge in [0.25, 0.3) is 0 Å². The molecule has 0 aliphatic carbocycles. The zero-order valence-corrected chi connectivity index (χ0v) is 17.5. The van der Waals surface area contributed by atoms with E-state index in [1.165, 1.54) is 48.2 Å². The van der Waals surface area contributed by atoms with Gasteiger partial charge in [0.15, 0.2) is 5.16 Å². The van der Waals surface area contributed by atoms with Crippen LogP contribution in [0.2, 0.25) is 0 Å². The number of anilines is 1. The second-order valence-corrected chi connectivity index (χ2v) is 7.91. The summed E-state index contributed by atoms with van der Waals surface area (Å²) >= 11 is 1.27. The van der Waals surface area contributed by atoms with Gasteiger partial charge in [0.1, 0.15) is 11.6 Å². The highest BCUT2D eigenvalue weighted by atomic mass is 32.2. The van der Waals surface area contributed by atoms with Crippen molar-refractivity contribution in [2.75, 3.05) is 11.1 Å². The molecule has 4 rings (SSSR count). The molecule has 3 aromatic carbocycles. The number of amides is 1. The van der Waals surface area contributed by atoms with E-state index >= 15 is 0 Å². The smallest absolute Gasteiger partial charge is 0.234 e. The largest absolute Gasteiger partial charge is 0.325 e. The number of benzene rings is 3. The molecule has 0 aliphatic heterocycles. The van der Waals surface area contributed by atoms with Crippen molar-refractivity contribution in [1.82, 2.24) is 9.55 Å². The quantitative estimate of drug-likeness (QED) is 0.386. The average Bonchev–Trinajstić information content (AvgIpc) is 3.19. The Morgan fingerprint density at radius 2 is 1.55 bits per heavy atom. The first-order chi connectivity index (χ1) is 15.0. The molecule has 0 radical (unpaired) electrons. The van der Waals surface area contributed by atoms with Crippen molar-refractivity contribution in [1.29, 1.82) is 0 Å². The molecule has 31 heavy (non-hydrogen) atoms. The SMILES string of the molecule is Cc1ccc(-c2cn(-c3ccc(F)cc3)c(SCC(=O)Nc3ccc(F)cc3)n2)cc1. The number of rotatable bonds is 6. The Bertz CT molecular complexity index is 1190. The van der Waals surface area contributed by atoms with Crippen LogP contribution in [0.1, 0.15) is 5.56 Å². The summed E-state index contributed by atoms with van der Waals surface area (Å²) in [6.45, 7) is 2.02. The number of aromatic nitrogens is 2. The Hall–Kier alpha value is -3.45. The van der Waals surface area contributed by atoms with Crippen LogP contribution in [0, 0.1) is 18.6 Å². The maximum Gasteiger partial charge on any atom is 0.234 e. The number of imidazole rings is 1. The summed E-state index contributed by atoms with van der Waals surface area (Å²) in [5.74, 6) is -0.807. The van der Waals surface area contributed by atoms with E-state index in [1.807, 2.05) is 42.0 Å². The highest BCUT2D eigenvalue weighted by Gasteiger charge is 2.14. The number of nitrogens with one attached hydrogen (secondary N) is 1. The number of hydrogen-bond acceptors (Lipinski definition) is 3. The summed E-state index contributed by atoms with van der Waals surface area (Å²) in [6.07, 6.45) is 1.87. The van der Waals surface area contributed by atoms with Gasteiger partial charge in [-0.05, 0) is 55.5 Å². The van der Waals surface area contributed by atoms with Crippen LogP contribution in [0.15, 0.2) is 84.1 Å². The second-order valence-electron chi connectivity index (χ2n) is 6.96. The second kappa shape index (κ2) is 9.14. The highest BCUT2D eigenvalue weighted by Crippen LogP contribution is 2.28. The van der Waals surface area contributed by atoms with E-state index in [0.717, 1.165) is 22.5 Å². The van der Waals surface area contributed by atoms with Gasteiger partial charge in [-0.15, -0.1) is 0 Å². The molecular weight excluding hydrogens is 416 g/mol. The maximum atomic E-state index is 13.4. The molecule has 7 heteroatoms. The summed E-state index contributed by atoms with van der Waals surface area (Å²) in [6, 6.07) is 19.7. The predicted octanol–water partition coefficient (Wildman–Crippen LogP) is 5.86. The Morgan fingerprint density at radius 3 is 2.19 bits per heavy atom. The van der Waals surface area contributed by atoms with Gasteiger partial charge in [0, 0.05) is 23.1 Å². The standard InChI is InChI=1S/C24H19F2N3OS/c1-16-2-4-17(5-3-16)22-14-29(21-12-8-19(26)9-13-21)24(28-22)31-15-23(30)27-20-10-6-18(25)7-11-20/h2-14H,15H2,1H3,(H,27,30). The van der Waals surface area contributed by atoms with Gasteiger partial charge < -0.3 is 5.32 Å². The van der Waals surface area contributed by atoms with Crippen LogP contribution in [0.25, 0.3) is 16.9 Å². The van der Waals surface area contributed by atoms with Crippen LogP contribution in [-0.2, 0) is 4.79 Å². The number of halogens is 2. The monoisotopic (exact) mass is 435 g/mol. The minimum absolute atomic E-state index is 0.114. The van der Waals surface area contributed by atoms with Crippen LogP contribution < -0.4 is 5.32 Å². The molecule has 1 N–H and O–H groups in total.